The number of carbonyl (C=O) groups is 1. The topological polar surface area (TPSA) is 76.0 Å². The van der Waals surface area contributed by atoms with E-state index in [4.69, 9.17) is 26.1 Å². The first kappa shape index (κ1) is 23.3. The summed E-state index contributed by atoms with van der Waals surface area (Å²) < 4.78 is 39.8. The van der Waals surface area contributed by atoms with E-state index in [0.717, 1.165) is 0 Å². The molecule has 34 heavy (non-hydrogen) atoms. The predicted octanol–water partition coefficient (Wildman–Crippen LogP) is 3.66. The number of methoxy groups -OCH3 is 1. The number of alkyl halides is 1. The highest BCUT2D eigenvalue weighted by Gasteiger charge is 2.54. The van der Waals surface area contributed by atoms with Crippen molar-refractivity contribution < 1.29 is 23.0 Å². The number of halogens is 3. The van der Waals surface area contributed by atoms with Crippen molar-refractivity contribution in [2.75, 3.05) is 26.9 Å². The molecule has 0 amide bonds. The number of nitrogens with zero attached hydrogens (tertiary/aromatic N) is 3. The largest absolute Gasteiger partial charge is 0.466 e. The number of rotatable bonds is 5. The molecule has 1 aromatic carbocycles. The number of aromatic nitrogens is 1. The van der Waals surface area contributed by atoms with Crippen LogP contribution < -0.4 is 5.32 Å². The zero-order chi connectivity index (χ0) is 24.0. The van der Waals surface area contributed by atoms with E-state index < -0.39 is 29.5 Å². The van der Waals surface area contributed by atoms with Gasteiger partial charge in [0.25, 0.3) is 0 Å². The molecule has 0 spiro atoms. The summed E-state index contributed by atoms with van der Waals surface area (Å²) in [6.07, 6.45) is 2.02. The molecular formula is C23H23ClF2N4O3S. The lowest BCUT2D eigenvalue weighted by atomic mass is 9.94. The van der Waals surface area contributed by atoms with Crippen LogP contribution in [-0.2, 0) is 14.3 Å². The van der Waals surface area contributed by atoms with Crippen LogP contribution in [0.1, 0.15) is 30.0 Å². The second-order valence-corrected chi connectivity index (χ2v) is 9.95. The van der Waals surface area contributed by atoms with Crippen molar-refractivity contribution in [2.45, 2.75) is 37.1 Å². The second kappa shape index (κ2) is 8.99. The molecule has 5 rings (SSSR count). The molecule has 0 saturated carbocycles. The molecule has 2 fully saturated rings. The highest BCUT2D eigenvalue weighted by atomic mass is 35.5. The van der Waals surface area contributed by atoms with E-state index in [1.54, 1.807) is 6.20 Å². The van der Waals surface area contributed by atoms with Gasteiger partial charge in [0.1, 0.15) is 11.9 Å². The maximum atomic E-state index is 15.4. The number of nitrogens with one attached hydrogen (secondary N) is 1. The van der Waals surface area contributed by atoms with Gasteiger partial charge in [-0.25, -0.2) is 18.6 Å². The fourth-order valence-electron chi connectivity index (χ4n) is 4.91. The van der Waals surface area contributed by atoms with Gasteiger partial charge in [-0.3, -0.25) is 9.89 Å². The Bertz CT molecular complexity index is 1170. The van der Waals surface area contributed by atoms with Crippen LogP contribution in [0.4, 0.5) is 8.78 Å². The zero-order valence-corrected chi connectivity index (χ0v) is 20.1. The maximum absolute atomic E-state index is 15.4. The van der Waals surface area contributed by atoms with Gasteiger partial charge in [0.05, 0.1) is 25.9 Å². The van der Waals surface area contributed by atoms with Gasteiger partial charge in [-0.05, 0) is 19.1 Å². The molecule has 1 aromatic heterocycles. The van der Waals surface area contributed by atoms with E-state index in [-0.39, 0.29) is 29.8 Å². The number of likely N-dealkylation sites (tertiary alicyclic amines) is 1. The van der Waals surface area contributed by atoms with Crippen LogP contribution in [0.25, 0.3) is 0 Å². The summed E-state index contributed by atoms with van der Waals surface area (Å²) in [5.41, 5.74) is -0.246. The number of amidine groups is 1. The standard InChI is InChI=1S/C23H23ClF2N4O3S/c1-12-23(26)8-14(10-33-11-23)30(12)9-17-18(22(31)32-2)19(15-4-3-13(25)7-16(15)24)29-20(28-17)21-27-5-6-34-21/h3-7,12,14,19H,8-11H2,1-2H3,(H,28,29)/t12?,14?,19-,23?/m0/s1. The Morgan fingerprint density at radius 3 is 2.97 bits per heavy atom. The van der Waals surface area contributed by atoms with E-state index in [1.165, 1.54) is 36.6 Å². The van der Waals surface area contributed by atoms with Crippen molar-refractivity contribution >= 4 is 34.7 Å². The molecular weight excluding hydrogens is 486 g/mol. The molecule has 11 heteroatoms. The summed E-state index contributed by atoms with van der Waals surface area (Å²) in [7, 11) is 1.28. The van der Waals surface area contributed by atoms with Gasteiger partial charge < -0.3 is 14.8 Å². The first-order valence-corrected chi connectivity index (χ1v) is 12.1. The molecule has 3 unspecified atom stereocenters. The number of aliphatic imine (C=N–C) groups is 1. The maximum Gasteiger partial charge on any atom is 0.338 e. The van der Waals surface area contributed by atoms with E-state index in [0.29, 0.717) is 35.1 Å². The molecule has 2 bridgehead atoms. The van der Waals surface area contributed by atoms with E-state index in [2.05, 4.69) is 10.3 Å². The molecule has 0 aliphatic carbocycles. The average Bonchev–Trinajstić information content (AvgIpc) is 3.40. The van der Waals surface area contributed by atoms with Gasteiger partial charge in [0, 0.05) is 52.9 Å². The number of benzene rings is 1. The van der Waals surface area contributed by atoms with Gasteiger partial charge in [-0.15, -0.1) is 11.3 Å². The zero-order valence-electron chi connectivity index (χ0n) is 18.6. The third kappa shape index (κ3) is 4.02. The van der Waals surface area contributed by atoms with E-state index >= 15 is 4.39 Å². The van der Waals surface area contributed by atoms with Crippen molar-refractivity contribution in [2.24, 2.45) is 4.99 Å². The van der Waals surface area contributed by atoms with Crippen LogP contribution >= 0.6 is 22.9 Å². The van der Waals surface area contributed by atoms with E-state index in [9.17, 15) is 9.18 Å². The summed E-state index contributed by atoms with van der Waals surface area (Å²) >= 11 is 7.77. The predicted molar refractivity (Wildman–Crippen MR) is 124 cm³/mol. The summed E-state index contributed by atoms with van der Waals surface area (Å²) in [5, 5.41) is 5.81. The van der Waals surface area contributed by atoms with Crippen molar-refractivity contribution in [3.63, 3.8) is 0 Å². The molecule has 2 saturated heterocycles. The smallest absolute Gasteiger partial charge is 0.338 e. The van der Waals surface area contributed by atoms with Crippen molar-refractivity contribution in [3.05, 3.63) is 62.5 Å². The number of ether oxygens (including phenoxy) is 2. The molecule has 7 nitrogen and oxygen atoms in total. The Balaban J connectivity index is 1.61. The first-order valence-electron chi connectivity index (χ1n) is 10.8. The Morgan fingerprint density at radius 2 is 2.29 bits per heavy atom. The summed E-state index contributed by atoms with van der Waals surface area (Å²) in [6, 6.07) is 2.56. The monoisotopic (exact) mass is 508 g/mol. The van der Waals surface area contributed by atoms with E-state index in [1.807, 2.05) is 17.2 Å². The molecule has 180 valence electrons. The number of thiazole rings is 1. The van der Waals surface area contributed by atoms with Crippen molar-refractivity contribution in [1.29, 1.82) is 0 Å². The number of carbonyl (C=O) groups excluding carboxylic acids is 1. The third-order valence-electron chi connectivity index (χ3n) is 6.71. The van der Waals surface area contributed by atoms with Gasteiger partial charge in [-0.2, -0.15) is 0 Å². The molecule has 4 atom stereocenters. The van der Waals surface area contributed by atoms with Crippen LogP contribution in [0.15, 0.2) is 46.0 Å². The van der Waals surface area contributed by atoms with Crippen LogP contribution in [-0.4, -0.2) is 66.3 Å². The third-order valence-corrected chi connectivity index (χ3v) is 7.81. The molecule has 3 aliphatic heterocycles. The van der Waals surface area contributed by atoms with Gasteiger partial charge in [0.2, 0.25) is 0 Å². The van der Waals surface area contributed by atoms with Crippen molar-refractivity contribution in [1.82, 2.24) is 15.2 Å². The number of fused-ring (bicyclic) bond motifs is 2. The quantitative estimate of drug-likeness (QED) is 0.621. The minimum Gasteiger partial charge on any atom is -0.466 e. The summed E-state index contributed by atoms with van der Waals surface area (Å²) in [6.45, 7) is 2.54. The van der Waals surface area contributed by atoms with Crippen molar-refractivity contribution in [3.8, 4) is 0 Å². The lowest BCUT2D eigenvalue weighted by Gasteiger charge is -2.33. The average molecular weight is 509 g/mol. The first-order chi connectivity index (χ1) is 16.3. The Hall–Kier alpha value is -2.40. The lowest BCUT2D eigenvalue weighted by molar-refractivity contribution is -0.136. The molecule has 2 aromatic rings. The summed E-state index contributed by atoms with van der Waals surface area (Å²) in [4.78, 5) is 24.1. The van der Waals surface area contributed by atoms with Gasteiger partial charge >= 0.3 is 5.97 Å². The van der Waals surface area contributed by atoms with Crippen LogP contribution in [0.2, 0.25) is 5.02 Å². The molecule has 3 aliphatic rings. The number of hydrogen-bond acceptors (Lipinski definition) is 8. The van der Waals surface area contributed by atoms with Crippen LogP contribution in [0.5, 0.6) is 0 Å². The minimum atomic E-state index is -1.45. The normalized spacial score (nSPS) is 29.1. The van der Waals surface area contributed by atoms with Gasteiger partial charge in [0.15, 0.2) is 16.5 Å². The highest BCUT2D eigenvalue weighted by Crippen LogP contribution is 2.42. The Labute approximate surface area is 204 Å². The molecule has 0 radical (unpaired) electrons. The van der Waals surface area contributed by atoms with Crippen LogP contribution in [0.3, 0.4) is 0 Å². The number of esters is 1. The highest BCUT2D eigenvalue weighted by molar-refractivity contribution is 7.11. The Morgan fingerprint density at radius 1 is 1.47 bits per heavy atom. The number of hydrogen-bond donors (Lipinski definition) is 1. The Kier molecular flexibility index (Phi) is 6.18. The van der Waals surface area contributed by atoms with Gasteiger partial charge in [-0.1, -0.05) is 17.7 Å². The molecule has 4 heterocycles. The molecule has 1 N–H and O–H groups in total. The summed E-state index contributed by atoms with van der Waals surface area (Å²) in [5.74, 6) is -0.651. The lowest BCUT2D eigenvalue weighted by Crippen LogP contribution is -2.45. The fourth-order valence-corrected chi connectivity index (χ4v) is 5.77. The second-order valence-electron chi connectivity index (χ2n) is 8.65. The SMILES string of the molecule is COC(=O)C1=C(CN2C3COCC(F)(C3)C2C)NC(c2nccs2)=N[C@H]1c1ccc(F)cc1Cl. The van der Waals surface area contributed by atoms with Crippen LogP contribution in [0, 0.1) is 5.82 Å². The minimum absolute atomic E-state index is 0.0527. The fraction of sp³-hybridized carbons (Fsp3) is 0.435.